The number of aromatic nitrogens is 2. The topological polar surface area (TPSA) is 96.7 Å². The van der Waals surface area contributed by atoms with Crippen molar-refractivity contribution in [2.75, 3.05) is 17.6 Å². The summed E-state index contributed by atoms with van der Waals surface area (Å²) >= 11 is 3.40. The molecule has 0 unspecified atom stereocenters. The van der Waals surface area contributed by atoms with Crippen LogP contribution in [0.2, 0.25) is 0 Å². The molecule has 0 fully saturated rings. The summed E-state index contributed by atoms with van der Waals surface area (Å²) in [5.74, 6) is -0.395. The van der Waals surface area contributed by atoms with E-state index in [0.717, 1.165) is 4.47 Å². The maximum absolute atomic E-state index is 12.9. The number of hydrogen-bond donors (Lipinski definition) is 1. The van der Waals surface area contributed by atoms with E-state index in [1.165, 1.54) is 0 Å². The summed E-state index contributed by atoms with van der Waals surface area (Å²) in [5, 5.41) is 7.03. The third kappa shape index (κ3) is 3.58. The van der Waals surface area contributed by atoms with Gasteiger partial charge in [0.2, 0.25) is 0 Å². The van der Waals surface area contributed by atoms with Gasteiger partial charge >= 0.3 is 0 Å². The third-order valence-electron chi connectivity index (χ3n) is 4.06. The maximum atomic E-state index is 12.9. The van der Waals surface area contributed by atoms with E-state index in [0.29, 0.717) is 11.4 Å². The van der Waals surface area contributed by atoms with Gasteiger partial charge in [-0.2, -0.15) is 5.10 Å². The molecule has 0 atom stereocenters. The molecule has 0 saturated heterocycles. The lowest BCUT2D eigenvalue weighted by atomic mass is 10.1. The molecule has 8 nitrogen and oxygen atoms in total. The molecular formula is C17H14BrN5O3S. The summed E-state index contributed by atoms with van der Waals surface area (Å²) in [5.41, 5.74) is 1.39. The number of sulfonamides is 1. The van der Waals surface area contributed by atoms with Crippen LogP contribution in [-0.4, -0.2) is 47.1 Å². The molecule has 27 heavy (non-hydrogen) atoms. The molecule has 1 aromatic carbocycles. The van der Waals surface area contributed by atoms with Crippen molar-refractivity contribution >= 4 is 43.4 Å². The second-order valence-electron chi connectivity index (χ2n) is 5.88. The Labute approximate surface area is 164 Å². The summed E-state index contributed by atoms with van der Waals surface area (Å²) in [6.07, 6.45) is 8.36. The fourth-order valence-electron chi connectivity index (χ4n) is 2.80. The highest BCUT2D eigenvalue weighted by Crippen LogP contribution is 2.26. The van der Waals surface area contributed by atoms with E-state index >= 15 is 0 Å². The van der Waals surface area contributed by atoms with Gasteiger partial charge in [0.15, 0.2) is 5.84 Å². The molecule has 1 aromatic heterocycles. The molecule has 2 aromatic rings. The predicted molar refractivity (Wildman–Crippen MR) is 105 cm³/mol. The molecule has 2 aliphatic heterocycles. The number of fused-ring (bicyclic) bond motifs is 1. The molecular weight excluding hydrogens is 434 g/mol. The van der Waals surface area contributed by atoms with Gasteiger partial charge in [0, 0.05) is 29.6 Å². The fraction of sp³-hybridized carbons (Fsp3) is 0.118. The van der Waals surface area contributed by atoms with Crippen molar-refractivity contribution in [1.82, 2.24) is 14.7 Å². The number of benzene rings is 1. The Morgan fingerprint density at radius 1 is 1.30 bits per heavy atom. The predicted octanol–water partition coefficient (Wildman–Crippen LogP) is 2.07. The minimum atomic E-state index is -3.57. The number of amidine groups is 1. The fourth-order valence-corrected chi connectivity index (χ4v) is 4.15. The van der Waals surface area contributed by atoms with E-state index in [-0.39, 0.29) is 23.7 Å². The molecule has 1 N–H and O–H groups in total. The van der Waals surface area contributed by atoms with Gasteiger partial charge in [-0.25, -0.2) is 13.1 Å². The number of rotatable bonds is 3. The van der Waals surface area contributed by atoms with Crippen LogP contribution < -0.4 is 5.32 Å². The Bertz CT molecular complexity index is 1100. The summed E-state index contributed by atoms with van der Waals surface area (Å²) in [7, 11) is -3.57. The highest BCUT2D eigenvalue weighted by Gasteiger charge is 2.30. The number of halogens is 1. The summed E-state index contributed by atoms with van der Waals surface area (Å²) in [6, 6.07) is 7.19. The van der Waals surface area contributed by atoms with Gasteiger partial charge in [-0.1, -0.05) is 15.9 Å². The zero-order chi connectivity index (χ0) is 19.0. The van der Waals surface area contributed by atoms with E-state index in [1.54, 1.807) is 52.5 Å². The molecule has 4 rings (SSSR count). The first-order valence-electron chi connectivity index (χ1n) is 8.02. The van der Waals surface area contributed by atoms with Crippen molar-refractivity contribution in [1.29, 1.82) is 0 Å². The smallest absolute Gasteiger partial charge is 0.259 e. The number of anilines is 1. The van der Waals surface area contributed by atoms with E-state index in [2.05, 4.69) is 30.7 Å². The molecule has 0 bridgehead atoms. The first-order valence-corrected chi connectivity index (χ1v) is 10.4. The first-order chi connectivity index (χ1) is 12.9. The number of nitrogens with zero attached hydrogens (tertiary/aromatic N) is 4. The van der Waals surface area contributed by atoms with Crippen LogP contribution in [0.1, 0.15) is 0 Å². The lowest BCUT2D eigenvalue weighted by molar-refractivity contribution is -0.112. The van der Waals surface area contributed by atoms with Crippen LogP contribution in [0.3, 0.4) is 0 Å². The Kier molecular flexibility index (Phi) is 4.44. The van der Waals surface area contributed by atoms with Crippen LogP contribution in [0.15, 0.2) is 69.5 Å². The van der Waals surface area contributed by atoms with Crippen LogP contribution >= 0.6 is 15.9 Å². The Hall–Kier alpha value is -2.72. The van der Waals surface area contributed by atoms with E-state index in [4.69, 9.17) is 0 Å². The molecule has 0 spiro atoms. The van der Waals surface area contributed by atoms with Gasteiger partial charge in [0.05, 0.1) is 22.7 Å². The lowest BCUT2D eigenvalue weighted by Crippen LogP contribution is -2.40. The van der Waals surface area contributed by atoms with Crippen molar-refractivity contribution in [2.24, 2.45) is 4.40 Å². The minimum absolute atomic E-state index is 0.0786. The van der Waals surface area contributed by atoms with Gasteiger partial charge in [0.1, 0.15) is 0 Å². The number of nitrogens with one attached hydrogen (secondary N) is 1. The van der Waals surface area contributed by atoms with Crippen molar-refractivity contribution in [3.63, 3.8) is 0 Å². The molecule has 1 amide bonds. The zero-order valence-electron chi connectivity index (χ0n) is 13.9. The standard InChI is InChI=1S/C17H14BrN5O3S/c18-12-4-5-15(23-8-2-6-19-23)14(11-12)20-17(24)13-3-1-7-22-9-10-27(25,26)21-16(13)22/h1-8,11H,9-10H2,(H,20,24). The van der Waals surface area contributed by atoms with Crippen LogP contribution in [0, 0.1) is 0 Å². The van der Waals surface area contributed by atoms with Gasteiger partial charge in [-0.05, 0) is 36.4 Å². The van der Waals surface area contributed by atoms with Crippen LogP contribution in [0.5, 0.6) is 0 Å². The number of amides is 1. The van der Waals surface area contributed by atoms with Crippen molar-refractivity contribution in [2.45, 2.75) is 0 Å². The number of hydrogen-bond acceptors (Lipinski definition) is 5. The molecule has 0 radical (unpaired) electrons. The van der Waals surface area contributed by atoms with Gasteiger partial charge in [0.25, 0.3) is 15.9 Å². The minimum Gasteiger partial charge on any atom is -0.331 e. The van der Waals surface area contributed by atoms with Gasteiger partial charge in [-0.3, -0.25) is 4.79 Å². The first kappa shape index (κ1) is 17.7. The average Bonchev–Trinajstić information content (AvgIpc) is 3.15. The van der Waals surface area contributed by atoms with E-state index in [1.807, 2.05) is 12.1 Å². The molecule has 138 valence electrons. The molecule has 3 heterocycles. The molecule has 2 aliphatic rings. The largest absolute Gasteiger partial charge is 0.331 e. The highest BCUT2D eigenvalue weighted by molar-refractivity contribution is 9.10. The van der Waals surface area contributed by atoms with E-state index in [9.17, 15) is 13.2 Å². The van der Waals surface area contributed by atoms with E-state index < -0.39 is 15.9 Å². The Balaban J connectivity index is 1.69. The molecule has 10 heteroatoms. The maximum Gasteiger partial charge on any atom is 0.259 e. The van der Waals surface area contributed by atoms with Gasteiger partial charge in [-0.15, -0.1) is 4.40 Å². The zero-order valence-corrected chi connectivity index (χ0v) is 16.3. The Morgan fingerprint density at radius 2 is 2.15 bits per heavy atom. The summed E-state index contributed by atoms with van der Waals surface area (Å²) in [6.45, 7) is 0.262. The second-order valence-corrected chi connectivity index (χ2v) is 8.55. The van der Waals surface area contributed by atoms with Crippen molar-refractivity contribution in [3.8, 4) is 5.69 Å². The highest BCUT2D eigenvalue weighted by atomic mass is 79.9. The van der Waals surface area contributed by atoms with Crippen molar-refractivity contribution < 1.29 is 13.2 Å². The SMILES string of the molecule is O=C(Nc1cc(Br)ccc1-n1cccn1)C1=CC=CN2CCS(=O)(=O)N=C12. The Morgan fingerprint density at radius 3 is 2.93 bits per heavy atom. The van der Waals surface area contributed by atoms with Crippen LogP contribution in [-0.2, 0) is 14.8 Å². The van der Waals surface area contributed by atoms with Crippen LogP contribution in [0.25, 0.3) is 5.69 Å². The lowest BCUT2D eigenvalue weighted by Gasteiger charge is -2.28. The average molecular weight is 448 g/mol. The number of carbonyl (C=O) groups is 1. The summed E-state index contributed by atoms with van der Waals surface area (Å²) in [4.78, 5) is 14.6. The molecule has 0 aliphatic carbocycles. The number of carbonyl (C=O) groups excluding carboxylic acids is 1. The van der Waals surface area contributed by atoms with Gasteiger partial charge < -0.3 is 10.2 Å². The van der Waals surface area contributed by atoms with Crippen LogP contribution in [0.4, 0.5) is 5.69 Å². The monoisotopic (exact) mass is 447 g/mol. The summed E-state index contributed by atoms with van der Waals surface area (Å²) < 4.78 is 29.9. The normalized spacial score (nSPS) is 17.7. The molecule has 0 saturated carbocycles. The second kappa shape index (κ2) is 6.78. The van der Waals surface area contributed by atoms with Crippen molar-refractivity contribution in [3.05, 3.63) is 65.1 Å². The quantitative estimate of drug-likeness (QED) is 0.776. The number of allylic oxidation sites excluding steroid dienone is 2. The third-order valence-corrected chi connectivity index (χ3v) is 5.70.